The summed E-state index contributed by atoms with van der Waals surface area (Å²) < 4.78 is 7.98. The number of rotatable bonds is 6. The van der Waals surface area contributed by atoms with E-state index in [4.69, 9.17) is 79.1 Å². The number of alkyl halides is 4. The van der Waals surface area contributed by atoms with Crippen LogP contribution in [0.1, 0.15) is 0 Å². The summed E-state index contributed by atoms with van der Waals surface area (Å²) in [5.74, 6) is -4.61. The van der Waals surface area contributed by atoms with Gasteiger partial charge in [0.15, 0.2) is 4.33 Å². The van der Waals surface area contributed by atoms with Crippen LogP contribution in [0.4, 0.5) is 0 Å². The zero-order valence-electron chi connectivity index (χ0n) is 12.5. The Bertz CT molecular complexity index is 621. The highest BCUT2D eigenvalue weighted by Crippen LogP contribution is 2.76. The van der Waals surface area contributed by atoms with Crippen LogP contribution in [0.2, 0.25) is 0 Å². The Kier molecular flexibility index (Phi) is 6.05. The van der Waals surface area contributed by atoms with Gasteiger partial charge in [-0.25, -0.2) is 0 Å². The molecule has 4 atom stereocenters. The first-order chi connectivity index (χ1) is 11.5. The van der Waals surface area contributed by atoms with Crippen molar-refractivity contribution in [3.05, 3.63) is 35.4 Å². The predicted octanol–water partition coefficient (Wildman–Crippen LogP) is 4.52. The Morgan fingerprint density at radius 2 is 1.20 bits per heavy atom. The van der Waals surface area contributed by atoms with Gasteiger partial charge in [0.1, 0.15) is 23.0 Å². The van der Waals surface area contributed by atoms with Crippen LogP contribution >= 0.6 is 69.6 Å². The lowest BCUT2D eigenvalue weighted by molar-refractivity contribution is -0.159. The Labute approximate surface area is 174 Å². The number of carbonyl (C=O) groups is 2. The summed E-state index contributed by atoms with van der Waals surface area (Å²) in [5, 5.41) is -0.437. The molecule has 2 aliphatic carbocycles. The number of carbonyl (C=O) groups excluding carboxylic acids is 2. The van der Waals surface area contributed by atoms with Crippen molar-refractivity contribution < 1.29 is 19.1 Å². The smallest absolute Gasteiger partial charge is 0.312 e. The molecule has 0 radical (unpaired) electrons. The lowest BCUT2D eigenvalue weighted by atomic mass is 9.82. The van der Waals surface area contributed by atoms with E-state index in [1.54, 1.807) is 0 Å². The van der Waals surface area contributed by atoms with Gasteiger partial charge in [0.25, 0.3) is 0 Å². The highest BCUT2D eigenvalue weighted by Gasteiger charge is 2.85. The molecule has 2 rings (SSSR count). The van der Waals surface area contributed by atoms with Crippen molar-refractivity contribution in [1.82, 2.24) is 0 Å². The monoisotopic (exact) mass is 466 g/mol. The van der Waals surface area contributed by atoms with E-state index in [1.165, 1.54) is 12.2 Å². The molecule has 138 valence electrons. The number of hydrogen-bond acceptors (Lipinski definition) is 4. The second-order valence-corrected chi connectivity index (χ2v) is 8.69. The van der Waals surface area contributed by atoms with E-state index in [0.717, 1.165) is 0 Å². The predicted molar refractivity (Wildman–Crippen MR) is 99.6 cm³/mol. The van der Waals surface area contributed by atoms with E-state index in [-0.39, 0.29) is 23.3 Å². The van der Waals surface area contributed by atoms with Crippen LogP contribution in [0.25, 0.3) is 0 Å². The molecule has 10 heteroatoms. The molecule has 0 amide bonds. The van der Waals surface area contributed by atoms with E-state index in [0.29, 0.717) is 0 Å². The standard InChI is InChI=1S/C15H12Cl6O4/c1-3-5-24-11(22)7-8(12(23)25-6-4-2)14(19)10(17)9(16)13(7,18)15(14,20)21/h3-4,7-8H,1-2,5-6H2/t7-,8-,13+,14+/m0/s1. The van der Waals surface area contributed by atoms with Crippen molar-refractivity contribution in [3.8, 4) is 0 Å². The topological polar surface area (TPSA) is 52.6 Å². The van der Waals surface area contributed by atoms with Gasteiger partial charge in [-0.3, -0.25) is 9.59 Å². The molecule has 0 heterocycles. The van der Waals surface area contributed by atoms with Crippen molar-refractivity contribution in [2.75, 3.05) is 13.2 Å². The number of fused-ring (bicyclic) bond motifs is 2. The SMILES string of the molecule is C=CCOC(=O)[C@@H]1[C@@H](C(=O)OCC=C)[C@@]2(Cl)C(Cl)=C(Cl)[C@@]1(Cl)C2(Cl)Cl. The van der Waals surface area contributed by atoms with Gasteiger partial charge in [0.05, 0.1) is 21.9 Å². The van der Waals surface area contributed by atoms with E-state index in [2.05, 4.69) is 13.2 Å². The number of hydrogen-bond donors (Lipinski definition) is 0. The maximum Gasteiger partial charge on any atom is 0.312 e. The molecule has 2 aliphatic rings. The summed E-state index contributed by atoms with van der Waals surface area (Å²) in [6.45, 7) is 6.63. The fraction of sp³-hybridized carbons (Fsp3) is 0.467. The second-order valence-electron chi connectivity index (χ2n) is 5.42. The highest BCUT2D eigenvalue weighted by molar-refractivity contribution is 6.66. The van der Waals surface area contributed by atoms with Gasteiger partial charge in [-0.2, -0.15) is 0 Å². The minimum atomic E-state index is -2.08. The number of esters is 2. The summed E-state index contributed by atoms with van der Waals surface area (Å²) in [5.41, 5.74) is 0. The molecule has 0 unspecified atom stereocenters. The summed E-state index contributed by atoms with van der Waals surface area (Å²) >= 11 is 38.3. The normalized spacial score (nSPS) is 35.4. The molecule has 2 bridgehead atoms. The van der Waals surface area contributed by atoms with Crippen molar-refractivity contribution in [1.29, 1.82) is 0 Å². The third kappa shape index (κ3) is 2.64. The van der Waals surface area contributed by atoms with Crippen LogP contribution in [-0.2, 0) is 19.1 Å². The Morgan fingerprint density at radius 1 is 0.880 bits per heavy atom. The van der Waals surface area contributed by atoms with Gasteiger partial charge in [-0.05, 0) is 0 Å². The lowest BCUT2D eigenvalue weighted by Gasteiger charge is -2.33. The van der Waals surface area contributed by atoms with Gasteiger partial charge < -0.3 is 9.47 Å². The quantitative estimate of drug-likeness (QED) is 0.326. The van der Waals surface area contributed by atoms with Crippen LogP contribution in [0.5, 0.6) is 0 Å². The Morgan fingerprint density at radius 3 is 1.48 bits per heavy atom. The Hall–Kier alpha value is -0.1000. The largest absolute Gasteiger partial charge is 0.461 e. The fourth-order valence-corrected chi connectivity index (χ4v) is 5.96. The minimum absolute atomic E-state index is 0.126. The average molecular weight is 469 g/mol. The van der Waals surface area contributed by atoms with Crippen LogP contribution in [0.15, 0.2) is 35.4 Å². The summed E-state index contributed by atoms with van der Waals surface area (Å²) in [6.07, 6.45) is 2.68. The Balaban J connectivity index is 2.62. The van der Waals surface area contributed by atoms with Crippen LogP contribution in [-0.4, -0.2) is 39.2 Å². The lowest BCUT2D eigenvalue weighted by Crippen LogP contribution is -2.46. The molecule has 0 aliphatic heterocycles. The van der Waals surface area contributed by atoms with Gasteiger partial charge >= 0.3 is 11.9 Å². The minimum Gasteiger partial charge on any atom is -0.461 e. The number of ether oxygens (including phenoxy) is 2. The molecule has 4 nitrogen and oxygen atoms in total. The third-order valence-electron chi connectivity index (χ3n) is 4.13. The van der Waals surface area contributed by atoms with Gasteiger partial charge in [-0.15, -0.1) is 23.2 Å². The number of allylic oxidation sites excluding steroid dienone is 2. The van der Waals surface area contributed by atoms with E-state index < -0.39 is 37.9 Å². The van der Waals surface area contributed by atoms with E-state index in [1.807, 2.05) is 0 Å². The molecule has 0 aromatic carbocycles. The van der Waals surface area contributed by atoms with Crippen molar-refractivity contribution in [3.63, 3.8) is 0 Å². The third-order valence-corrected chi connectivity index (χ3v) is 8.39. The fourth-order valence-electron chi connectivity index (χ4n) is 3.04. The molecule has 0 saturated heterocycles. The van der Waals surface area contributed by atoms with Crippen molar-refractivity contribution >= 4 is 81.5 Å². The van der Waals surface area contributed by atoms with E-state index >= 15 is 0 Å². The zero-order valence-corrected chi connectivity index (χ0v) is 17.1. The molecule has 0 aromatic rings. The summed E-state index contributed by atoms with van der Waals surface area (Å²) in [6, 6.07) is 0. The van der Waals surface area contributed by atoms with Gasteiger partial charge in [0.2, 0.25) is 0 Å². The van der Waals surface area contributed by atoms with Crippen LogP contribution in [0, 0.1) is 11.8 Å². The number of halogens is 6. The maximum atomic E-state index is 12.6. The molecule has 25 heavy (non-hydrogen) atoms. The first-order valence-electron chi connectivity index (χ1n) is 6.90. The molecule has 0 N–H and O–H groups in total. The van der Waals surface area contributed by atoms with Crippen LogP contribution in [0.3, 0.4) is 0 Å². The van der Waals surface area contributed by atoms with E-state index in [9.17, 15) is 9.59 Å². The molecular formula is C15H12Cl6O4. The van der Waals surface area contributed by atoms with Gasteiger partial charge in [-0.1, -0.05) is 71.7 Å². The first-order valence-corrected chi connectivity index (χ1v) is 9.17. The molecule has 0 aromatic heterocycles. The molecule has 1 fully saturated rings. The molecular weight excluding hydrogens is 457 g/mol. The van der Waals surface area contributed by atoms with Crippen molar-refractivity contribution in [2.45, 2.75) is 14.1 Å². The second kappa shape index (κ2) is 7.14. The van der Waals surface area contributed by atoms with Crippen molar-refractivity contribution in [2.24, 2.45) is 11.8 Å². The van der Waals surface area contributed by atoms with Gasteiger partial charge in [0, 0.05) is 0 Å². The summed E-state index contributed by atoms with van der Waals surface area (Å²) in [7, 11) is 0. The molecule has 0 spiro atoms. The summed E-state index contributed by atoms with van der Waals surface area (Å²) in [4.78, 5) is 21.2. The average Bonchev–Trinajstić information content (AvgIpc) is 2.77. The zero-order chi connectivity index (χ0) is 19.2. The highest BCUT2D eigenvalue weighted by atomic mass is 35.5. The first kappa shape index (κ1) is 21.2. The molecule has 1 saturated carbocycles. The van der Waals surface area contributed by atoms with Crippen LogP contribution < -0.4 is 0 Å². The maximum absolute atomic E-state index is 12.6.